The van der Waals surface area contributed by atoms with Crippen LogP contribution in [0.5, 0.6) is 5.75 Å². The van der Waals surface area contributed by atoms with Gasteiger partial charge in [-0.1, -0.05) is 19.8 Å². The molecule has 0 aliphatic carbocycles. The fourth-order valence-electron chi connectivity index (χ4n) is 2.04. The molecule has 5 heteroatoms. The summed E-state index contributed by atoms with van der Waals surface area (Å²) in [6.07, 6.45) is 3.37. The van der Waals surface area contributed by atoms with Gasteiger partial charge in [-0.3, -0.25) is 9.21 Å². The maximum absolute atomic E-state index is 12.3. The summed E-state index contributed by atoms with van der Waals surface area (Å²) in [4.78, 5) is 15.1. The van der Waals surface area contributed by atoms with Crippen LogP contribution in [0.15, 0.2) is 23.1 Å². The van der Waals surface area contributed by atoms with Gasteiger partial charge in [0, 0.05) is 19.7 Å². The third-order valence-corrected chi connectivity index (χ3v) is 4.30. The largest absolute Gasteiger partial charge is 0.497 e. The number of urea groups is 1. The second kappa shape index (κ2) is 6.19. The Labute approximate surface area is 118 Å². The van der Waals surface area contributed by atoms with Crippen LogP contribution in [0.25, 0.3) is 0 Å². The zero-order chi connectivity index (χ0) is 13.8. The molecule has 0 N–H and O–H groups in total. The number of fused-ring (bicyclic) bond motifs is 1. The van der Waals surface area contributed by atoms with E-state index in [0.29, 0.717) is 0 Å². The predicted molar refractivity (Wildman–Crippen MR) is 78.9 cm³/mol. The molecule has 2 rings (SSSR count). The Bertz CT molecular complexity index is 465. The molecular formula is C14H20N2O2S. The van der Waals surface area contributed by atoms with E-state index in [1.807, 2.05) is 29.6 Å². The van der Waals surface area contributed by atoms with Gasteiger partial charge in [-0.2, -0.15) is 0 Å². The molecule has 4 nitrogen and oxygen atoms in total. The average molecular weight is 280 g/mol. The Hall–Kier alpha value is -1.36. The van der Waals surface area contributed by atoms with Crippen LogP contribution in [-0.2, 0) is 0 Å². The Kier molecular flexibility index (Phi) is 4.58. The molecule has 19 heavy (non-hydrogen) atoms. The van der Waals surface area contributed by atoms with Gasteiger partial charge in [0.15, 0.2) is 0 Å². The maximum Gasteiger partial charge on any atom is 0.334 e. The quantitative estimate of drug-likeness (QED) is 0.608. The highest BCUT2D eigenvalue weighted by atomic mass is 32.2. The SMILES string of the molecule is CCCCCN1Sc2ccc(OC)cc2N(C)C1=O. The average Bonchev–Trinajstić information content (AvgIpc) is 2.44. The molecule has 0 radical (unpaired) electrons. The second-order valence-electron chi connectivity index (χ2n) is 4.58. The molecule has 1 aromatic rings. The van der Waals surface area contributed by atoms with Crippen molar-refractivity contribution in [2.24, 2.45) is 0 Å². The highest BCUT2D eigenvalue weighted by molar-refractivity contribution is 7.97. The molecule has 0 unspecified atom stereocenters. The van der Waals surface area contributed by atoms with Crippen LogP contribution in [-0.4, -0.2) is 31.0 Å². The van der Waals surface area contributed by atoms with Gasteiger partial charge in [0.1, 0.15) is 5.75 Å². The smallest absolute Gasteiger partial charge is 0.334 e. The number of hydrogen-bond acceptors (Lipinski definition) is 3. The van der Waals surface area contributed by atoms with Crippen molar-refractivity contribution in [3.05, 3.63) is 18.2 Å². The van der Waals surface area contributed by atoms with Crippen molar-refractivity contribution in [1.29, 1.82) is 0 Å². The summed E-state index contributed by atoms with van der Waals surface area (Å²) in [5.74, 6) is 0.776. The number of nitrogens with zero attached hydrogens (tertiary/aromatic N) is 2. The maximum atomic E-state index is 12.3. The minimum Gasteiger partial charge on any atom is -0.497 e. The van der Waals surface area contributed by atoms with Gasteiger partial charge in [-0.05, 0) is 30.5 Å². The number of hydrogen-bond donors (Lipinski definition) is 0. The molecule has 0 aromatic heterocycles. The standard InChI is InChI=1S/C14H20N2O2S/c1-4-5-6-9-16-14(17)15(2)12-10-11(18-3)7-8-13(12)19-16/h7-8,10H,4-6,9H2,1-3H3. The fourth-order valence-corrected chi connectivity index (χ4v) is 3.11. The lowest BCUT2D eigenvalue weighted by molar-refractivity contribution is 0.232. The number of benzene rings is 1. The van der Waals surface area contributed by atoms with Gasteiger partial charge >= 0.3 is 6.03 Å². The molecule has 0 atom stereocenters. The van der Waals surface area contributed by atoms with Crippen molar-refractivity contribution in [2.75, 3.05) is 25.6 Å². The van der Waals surface area contributed by atoms with E-state index in [9.17, 15) is 4.79 Å². The van der Waals surface area contributed by atoms with E-state index in [1.165, 1.54) is 11.9 Å². The Morgan fingerprint density at radius 1 is 1.32 bits per heavy atom. The molecule has 1 aliphatic heterocycles. The van der Waals surface area contributed by atoms with E-state index < -0.39 is 0 Å². The van der Waals surface area contributed by atoms with E-state index >= 15 is 0 Å². The van der Waals surface area contributed by atoms with E-state index in [1.54, 1.807) is 12.0 Å². The highest BCUT2D eigenvalue weighted by Crippen LogP contribution is 2.40. The minimum atomic E-state index is 0.0434. The van der Waals surface area contributed by atoms with Crippen LogP contribution in [0.1, 0.15) is 26.2 Å². The lowest BCUT2D eigenvalue weighted by Crippen LogP contribution is -2.40. The number of methoxy groups -OCH3 is 1. The summed E-state index contributed by atoms with van der Waals surface area (Å²) in [5.41, 5.74) is 0.918. The molecule has 1 aliphatic rings. The number of unbranched alkanes of at least 4 members (excludes halogenated alkanes) is 2. The summed E-state index contributed by atoms with van der Waals surface area (Å²) in [7, 11) is 3.45. The third-order valence-electron chi connectivity index (χ3n) is 3.20. The van der Waals surface area contributed by atoms with Crippen molar-refractivity contribution < 1.29 is 9.53 Å². The zero-order valence-electron chi connectivity index (χ0n) is 11.7. The van der Waals surface area contributed by atoms with Crippen molar-refractivity contribution in [3.8, 4) is 5.75 Å². The second-order valence-corrected chi connectivity index (χ2v) is 5.64. The van der Waals surface area contributed by atoms with Crippen LogP contribution >= 0.6 is 11.9 Å². The number of anilines is 1. The molecule has 0 saturated carbocycles. The highest BCUT2D eigenvalue weighted by Gasteiger charge is 2.28. The third kappa shape index (κ3) is 2.97. The van der Waals surface area contributed by atoms with Crippen LogP contribution in [0.2, 0.25) is 0 Å². The molecule has 1 heterocycles. The molecule has 0 saturated heterocycles. The minimum absolute atomic E-state index is 0.0434. The molecule has 2 amide bonds. The Balaban J connectivity index is 2.16. The van der Waals surface area contributed by atoms with Crippen LogP contribution in [0.4, 0.5) is 10.5 Å². The van der Waals surface area contributed by atoms with E-state index in [4.69, 9.17) is 4.74 Å². The first kappa shape index (κ1) is 14.1. The first-order chi connectivity index (χ1) is 9.17. The van der Waals surface area contributed by atoms with Gasteiger partial charge in [-0.25, -0.2) is 4.79 Å². The van der Waals surface area contributed by atoms with E-state index in [-0.39, 0.29) is 6.03 Å². The van der Waals surface area contributed by atoms with Crippen LogP contribution < -0.4 is 9.64 Å². The molecule has 0 bridgehead atoms. The van der Waals surface area contributed by atoms with Gasteiger partial charge in [-0.15, -0.1) is 0 Å². The lowest BCUT2D eigenvalue weighted by atomic mass is 10.2. The number of amides is 2. The Morgan fingerprint density at radius 2 is 2.11 bits per heavy atom. The molecule has 0 spiro atoms. The molecule has 0 fully saturated rings. The zero-order valence-corrected chi connectivity index (χ0v) is 12.5. The predicted octanol–water partition coefficient (Wildman–Crippen LogP) is 3.76. The number of carbonyl (C=O) groups is 1. The normalized spacial score (nSPS) is 14.6. The van der Waals surface area contributed by atoms with Crippen LogP contribution in [0, 0.1) is 0 Å². The van der Waals surface area contributed by atoms with Gasteiger partial charge < -0.3 is 4.74 Å². The van der Waals surface area contributed by atoms with Crippen molar-refractivity contribution in [1.82, 2.24) is 4.31 Å². The van der Waals surface area contributed by atoms with E-state index in [0.717, 1.165) is 42.1 Å². The fraction of sp³-hybridized carbons (Fsp3) is 0.500. The topological polar surface area (TPSA) is 32.8 Å². The van der Waals surface area contributed by atoms with E-state index in [2.05, 4.69) is 6.92 Å². The number of carbonyl (C=O) groups excluding carboxylic acids is 1. The van der Waals surface area contributed by atoms with Crippen LogP contribution in [0.3, 0.4) is 0 Å². The molecule has 104 valence electrons. The van der Waals surface area contributed by atoms with Gasteiger partial charge in [0.2, 0.25) is 0 Å². The van der Waals surface area contributed by atoms with Gasteiger partial charge in [0.05, 0.1) is 17.7 Å². The summed E-state index contributed by atoms with van der Waals surface area (Å²) < 4.78 is 7.05. The number of ether oxygens (including phenoxy) is 1. The van der Waals surface area contributed by atoms with Crippen molar-refractivity contribution in [2.45, 2.75) is 31.1 Å². The van der Waals surface area contributed by atoms with Crippen molar-refractivity contribution in [3.63, 3.8) is 0 Å². The van der Waals surface area contributed by atoms with Crippen molar-refractivity contribution >= 4 is 23.7 Å². The van der Waals surface area contributed by atoms with Gasteiger partial charge in [0.25, 0.3) is 0 Å². The summed E-state index contributed by atoms with van der Waals surface area (Å²) in [6, 6.07) is 5.89. The first-order valence-electron chi connectivity index (χ1n) is 6.58. The molecule has 1 aromatic carbocycles. The first-order valence-corrected chi connectivity index (χ1v) is 7.36. The Morgan fingerprint density at radius 3 is 2.79 bits per heavy atom. The monoisotopic (exact) mass is 280 g/mol. The molecular weight excluding hydrogens is 260 g/mol. The summed E-state index contributed by atoms with van der Waals surface area (Å²) >= 11 is 1.53. The lowest BCUT2D eigenvalue weighted by Gasteiger charge is -2.33. The summed E-state index contributed by atoms with van der Waals surface area (Å²) in [5, 5.41) is 0. The summed E-state index contributed by atoms with van der Waals surface area (Å²) in [6.45, 7) is 2.96. The number of rotatable bonds is 5.